The molecule has 0 aliphatic rings. The summed E-state index contributed by atoms with van der Waals surface area (Å²) in [4.78, 5) is 12.5. The van der Waals surface area contributed by atoms with E-state index in [1.807, 2.05) is 31.2 Å². The van der Waals surface area contributed by atoms with Crippen LogP contribution in [0, 0.1) is 6.92 Å². The Morgan fingerprint density at radius 1 is 1.10 bits per heavy atom. The van der Waals surface area contributed by atoms with Crippen LogP contribution < -0.4 is 0 Å². The maximum Gasteiger partial charge on any atom is 0.335 e. The van der Waals surface area contributed by atoms with Gasteiger partial charge in [-0.1, -0.05) is 29.8 Å². The zero-order valence-corrected chi connectivity index (χ0v) is 10.9. The number of hydrogen-bond acceptors (Lipinski definition) is 3. The van der Waals surface area contributed by atoms with Crippen LogP contribution in [-0.4, -0.2) is 26.1 Å². The lowest BCUT2D eigenvalue weighted by atomic mass is 10.1. The van der Waals surface area contributed by atoms with Crippen molar-refractivity contribution in [2.45, 2.75) is 13.5 Å². The zero-order valence-electron chi connectivity index (χ0n) is 10.9. The van der Waals surface area contributed by atoms with Crippen molar-refractivity contribution in [1.29, 1.82) is 0 Å². The number of carboxylic acids is 1. The quantitative estimate of drug-likeness (QED) is 0.791. The standard InChI is InChI=1S/C15H13N3O2/c1-10-2-4-11(5-3-10)9-18-16-13-7-6-12(15(19)20)8-14(13)17-18/h2-8H,9H2,1H3,(H,19,20). The first-order valence-corrected chi connectivity index (χ1v) is 6.25. The summed E-state index contributed by atoms with van der Waals surface area (Å²) < 4.78 is 0. The minimum absolute atomic E-state index is 0.222. The van der Waals surface area contributed by atoms with Crippen LogP contribution in [-0.2, 0) is 6.54 Å². The Labute approximate surface area is 115 Å². The molecule has 20 heavy (non-hydrogen) atoms. The minimum Gasteiger partial charge on any atom is -0.478 e. The Morgan fingerprint density at radius 2 is 1.80 bits per heavy atom. The van der Waals surface area contributed by atoms with Gasteiger partial charge in [0.1, 0.15) is 11.0 Å². The third-order valence-electron chi connectivity index (χ3n) is 3.11. The van der Waals surface area contributed by atoms with E-state index in [9.17, 15) is 4.79 Å². The van der Waals surface area contributed by atoms with Crippen molar-refractivity contribution >= 4 is 17.0 Å². The Hall–Kier alpha value is -2.69. The van der Waals surface area contributed by atoms with Crippen LogP contribution in [0.5, 0.6) is 0 Å². The number of aryl methyl sites for hydroxylation is 1. The van der Waals surface area contributed by atoms with Crippen molar-refractivity contribution in [2.24, 2.45) is 0 Å². The highest BCUT2D eigenvalue weighted by Crippen LogP contribution is 2.13. The van der Waals surface area contributed by atoms with Crippen LogP contribution in [0.3, 0.4) is 0 Å². The average molecular weight is 267 g/mol. The number of rotatable bonds is 3. The zero-order chi connectivity index (χ0) is 14.1. The number of aromatic nitrogens is 3. The lowest BCUT2D eigenvalue weighted by molar-refractivity contribution is 0.0697. The maximum absolute atomic E-state index is 10.9. The van der Waals surface area contributed by atoms with E-state index in [1.165, 1.54) is 17.7 Å². The molecule has 0 saturated carbocycles. The molecule has 0 bridgehead atoms. The summed E-state index contributed by atoms with van der Waals surface area (Å²) in [6.45, 7) is 2.61. The monoisotopic (exact) mass is 267 g/mol. The van der Waals surface area contributed by atoms with E-state index in [1.54, 1.807) is 10.9 Å². The average Bonchev–Trinajstić information content (AvgIpc) is 2.82. The molecule has 3 rings (SSSR count). The molecule has 0 saturated heterocycles. The van der Waals surface area contributed by atoms with Gasteiger partial charge >= 0.3 is 5.97 Å². The van der Waals surface area contributed by atoms with E-state index < -0.39 is 5.97 Å². The van der Waals surface area contributed by atoms with Gasteiger partial charge in [0.25, 0.3) is 0 Å². The number of nitrogens with zero attached hydrogens (tertiary/aromatic N) is 3. The third kappa shape index (κ3) is 2.38. The number of carbonyl (C=O) groups is 1. The van der Waals surface area contributed by atoms with Gasteiger partial charge in [-0.3, -0.25) is 0 Å². The van der Waals surface area contributed by atoms with Crippen LogP contribution in [0.2, 0.25) is 0 Å². The molecule has 0 atom stereocenters. The van der Waals surface area contributed by atoms with Gasteiger partial charge in [0, 0.05) is 0 Å². The molecule has 0 radical (unpaired) electrons. The van der Waals surface area contributed by atoms with Crippen molar-refractivity contribution < 1.29 is 9.90 Å². The smallest absolute Gasteiger partial charge is 0.335 e. The molecule has 5 heteroatoms. The normalized spacial score (nSPS) is 10.8. The molecule has 1 aromatic heterocycles. The second-order valence-corrected chi connectivity index (χ2v) is 4.72. The van der Waals surface area contributed by atoms with Crippen LogP contribution in [0.4, 0.5) is 0 Å². The van der Waals surface area contributed by atoms with Gasteiger partial charge in [-0.2, -0.15) is 15.0 Å². The number of benzene rings is 2. The first-order chi connectivity index (χ1) is 9.61. The molecule has 0 fully saturated rings. The van der Waals surface area contributed by atoms with Crippen molar-refractivity contribution in [2.75, 3.05) is 0 Å². The summed E-state index contributed by atoms with van der Waals surface area (Å²) in [5, 5.41) is 17.6. The van der Waals surface area contributed by atoms with Crippen molar-refractivity contribution in [3.63, 3.8) is 0 Å². The van der Waals surface area contributed by atoms with Crippen molar-refractivity contribution in [3.8, 4) is 0 Å². The van der Waals surface area contributed by atoms with Crippen molar-refractivity contribution in [1.82, 2.24) is 15.0 Å². The summed E-state index contributed by atoms with van der Waals surface area (Å²) in [5.41, 5.74) is 3.83. The van der Waals surface area contributed by atoms with Gasteiger partial charge in [-0.15, -0.1) is 0 Å². The van der Waals surface area contributed by atoms with E-state index in [0.29, 0.717) is 17.6 Å². The van der Waals surface area contributed by atoms with E-state index in [2.05, 4.69) is 10.2 Å². The van der Waals surface area contributed by atoms with E-state index in [-0.39, 0.29) is 5.56 Å². The predicted octanol–water partition coefficient (Wildman–Crippen LogP) is 2.49. The molecule has 1 heterocycles. The molecule has 0 aliphatic carbocycles. The number of aromatic carboxylic acids is 1. The number of fused-ring (bicyclic) bond motifs is 1. The number of carboxylic acid groups (broad SMARTS) is 1. The maximum atomic E-state index is 10.9. The van der Waals surface area contributed by atoms with E-state index in [0.717, 1.165) is 5.56 Å². The minimum atomic E-state index is -0.958. The summed E-state index contributed by atoms with van der Waals surface area (Å²) >= 11 is 0. The fraction of sp³-hybridized carbons (Fsp3) is 0.133. The second kappa shape index (κ2) is 4.77. The van der Waals surface area contributed by atoms with Crippen LogP contribution >= 0.6 is 0 Å². The molecule has 0 unspecified atom stereocenters. The lowest BCUT2D eigenvalue weighted by Gasteiger charge is -2.00. The molecule has 5 nitrogen and oxygen atoms in total. The molecule has 2 aromatic carbocycles. The predicted molar refractivity (Wildman–Crippen MR) is 74.8 cm³/mol. The highest BCUT2D eigenvalue weighted by atomic mass is 16.4. The first kappa shape index (κ1) is 12.3. The van der Waals surface area contributed by atoms with Gasteiger partial charge in [-0.25, -0.2) is 4.79 Å². The lowest BCUT2D eigenvalue weighted by Crippen LogP contribution is -2.03. The van der Waals surface area contributed by atoms with Gasteiger partial charge in [0.05, 0.1) is 12.1 Å². The molecule has 100 valence electrons. The molecular weight excluding hydrogens is 254 g/mol. The Balaban J connectivity index is 1.92. The van der Waals surface area contributed by atoms with Gasteiger partial charge in [-0.05, 0) is 30.7 Å². The second-order valence-electron chi connectivity index (χ2n) is 4.72. The fourth-order valence-electron chi connectivity index (χ4n) is 2.02. The molecule has 0 amide bonds. The summed E-state index contributed by atoms with van der Waals surface area (Å²) in [6, 6.07) is 12.9. The SMILES string of the molecule is Cc1ccc(Cn2nc3ccc(C(=O)O)cc3n2)cc1. The molecule has 0 aliphatic heterocycles. The number of hydrogen-bond donors (Lipinski definition) is 1. The highest BCUT2D eigenvalue weighted by molar-refractivity contribution is 5.91. The molecule has 1 N–H and O–H groups in total. The topological polar surface area (TPSA) is 68.0 Å². The first-order valence-electron chi connectivity index (χ1n) is 6.25. The van der Waals surface area contributed by atoms with E-state index in [4.69, 9.17) is 5.11 Å². The van der Waals surface area contributed by atoms with Crippen LogP contribution in [0.1, 0.15) is 21.5 Å². The summed E-state index contributed by atoms with van der Waals surface area (Å²) in [7, 11) is 0. The molecular formula is C15H13N3O2. The summed E-state index contributed by atoms with van der Waals surface area (Å²) in [5.74, 6) is -0.958. The van der Waals surface area contributed by atoms with Crippen molar-refractivity contribution in [3.05, 3.63) is 59.2 Å². The van der Waals surface area contributed by atoms with Crippen LogP contribution in [0.25, 0.3) is 11.0 Å². The summed E-state index contributed by atoms with van der Waals surface area (Å²) in [6.07, 6.45) is 0. The Morgan fingerprint density at radius 3 is 2.50 bits per heavy atom. The Kier molecular flexibility index (Phi) is 2.95. The van der Waals surface area contributed by atoms with Crippen LogP contribution in [0.15, 0.2) is 42.5 Å². The third-order valence-corrected chi connectivity index (χ3v) is 3.11. The van der Waals surface area contributed by atoms with Gasteiger partial charge in [0.15, 0.2) is 0 Å². The van der Waals surface area contributed by atoms with E-state index >= 15 is 0 Å². The molecule has 0 spiro atoms. The largest absolute Gasteiger partial charge is 0.478 e. The Bertz CT molecular complexity index is 775. The van der Waals surface area contributed by atoms with Gasteiger partial charge < -0.3 is 5.11 Å². The highest BCUT2D eigenvalue weighted by Gasteiger charge is 2.08. The van der Waals surface area contributed by atoms with Gasteiger partial charge in [0.2, 0.25) is 0 Å². The molecule has 3 aromatic rings. The fourth-order valence-corrected chi connectivity index (χ4v) is 2.02.